The van der Waals surface area contributed by atoms with E-state index in [1.165, 1.54) is 53.7 Å². The van der Waals surface area contributed by atoms with Gasteiger partial charge in [-0.1, -0.05) is 146 Å². The van der Waals surface area contributed by atoms with E-state index in [0.717, 1.165) is 32.5 Å². The van der Waals surface area contributed by atoms with Gasteiger partial charge in [-0.25, -0.2) is 15.0 Å². The number of benzene rings is 8. The van der Waals surface area contributed by atoms with Gasteiger partial charge in [0.15, 0.2) is 17.5 Å². The molecule has 0 bridgehead atoms. The number of fused-ring (bicyclic) bond motifs is 7. The second kappa shape index (κ2) is 12.3. The third-order valence-corrected chi connectivity index (χ3v) is 11.7. The average molecular weight is 707 g/mol. The fraction of sp³-hybridized carbons (Fsp3) is 0. The van der Waals surface area contributed by atoms with E-state index in [0.29, 0.717) is 17.5 Å². The van der Waals surface area contributed by atoms with Crippen molar-refractivity contribution in [2.75, 3.05) is 0 Å². The summed E-state index contributed by atoms with van der Waals surface area (Å²) in [4.78, 5) is 15.4. The molecule has 0 fully saturated rings. The van der Waals surface area contributed by atoms with Crippen LogP contribution in [-0.2, 0) is 0 Å². The van der Waals surface area contributed by atoms with Crippen LogP contribution in [0.1, 0.15) is 0 Å². The van der Waals surface area contributed by atoms with Crippen LogP contribution in [-0.4, -0.2) is 19.5 Å². The highest BCUT2D eigenvalue weighted by molar-refractivity contribution is 7.26. The Morgan fingerprint density at radius 3 is 1.74 bits per heavy atom. The standard InChI is InChI=1S/C49H30N4S/c1-3-14-31(15-4-1)33-20-11-21-36(28-33)48-50-47(32-16-5-2-6-17-32)51-49(52-48)40-25-12-23-38-39-24-13-27-43(46(39)54-45(38)40)53-42-26-10-9-22-37(42)41-29-34-18-7-8-19-35(34)30-44(41)53/h1-30H. The number of thiophene rings is 1. The van der Waals surface area contributed by atoms with Crippen LogP contribution in [0, 0.1) is 0 Å². The lowest BCUT2D eigenvalue weighted by atomic mass is 10.0. The molecule has 0 aliphatic heterocycles. The van der Waals surface area contributed by atoms with Crippen LogP contribution in [0.2, 0.25) is 0 Å². The summed E-state index contributed by atoms with van der Waals surface area (Å²) in [6.45, 7) is 0. The predicted molar refractivity (Wildman–Crippen MR) is 226 cm³/mol. The summed E-state index contributed by atoms with van der Waals surface area (Å²) >= 11 is 1.81. The van der Waals surface area contributed by atoms with E-state index in [2.05, 4.69) is 162 Å². The summed E-state index contributed by atoms with van der Waals surface area (Å²) in [6, 6.07) is 64.4. The van der Waals surface area contributed by atoms with Crippen molar-refractivity contribution < 1.29 is 0 Å². The van der Waals surface area contributed by atoms with Gasteiger partial charge in [-0.15, -0.1) is 11.3 Å². The normalized spacial score (nSPS) is 11.7. The van der Waals surface area contributed by atoms with Gasteiger partial charge in [0, 0.05) is 42.9 Å². The zero-order valence-electron chi connectivity index (χ0n) is 29.0. The molecular formula is C49H30N4S. The molecule has 54 heavy (non-hydrogen) atoms. The Morgan fingerprint density at radius 1 is 0.352 bits per heavy atom. The number of hydrogen-bond acceptors (Lipinski definition) is 4. The van der Waals surface area contributed by atoms with Crippen molar-refractivity contribution in [2.45, 2.75) is 0 Å². The molecule has 0 saturated carbocycles. The smallest absolute Gasteiger partial charge is 0.165 e. The van der Waals surface area contributed by atoms with Crippen molar-refractivity contribution in [1.29, 1.82) is 0 Å². The Hall–Kier alpha value is -6.95. The summed E-state index contributed by atoms with van der Waals surface area (Å²) in [7, 11) is 0. The first-order valence-corrected chi connectivity index (χ1v) is 18.9. The third kappa shape index (κ3) is 4.94. The first kappa shape index (κ1) is 30.7. The van der Waals surface area contributed by atoms with Crippen LogP contribution in [0.15, 0.2) is 182 Å². The molecule has 0 spiro atoms. The maximum Gasteiger partial charge on any atom is 0.165 e. The lowest BCUT2D eigenvalue weighted by Crippen LogP contribution is -2.00. The molecular weight excluding hydrogens is 677 g/mol. The van der Waals surface area contributed by atoms with E-state index >= 15 is 0 Å². The molecule has 0 N–H and O–H groups in total. The molecule has 4 nitrogen and oxygen atoms in total. The highest BCUT2D eigenvalue weighted by Crippen LogP contribution is 2.44. The Balaban J connectivity index is 1.14. The van der Waals surface area contributed by atoms with Crippen molar-refractivity contribution in [3.63, 3.8) is 0 Å². The van der Waals surface area contributed by atoms with Gasteiger partial charge in [0.2, 0.25) is 0 Å². The van der Waals surface area contributed by atoms with Crippen molar-refractivity contribution in [3.8, 4) is 51.0 Å². The van der Waals surface area contributed by atoms with Gasteiger partial charge in [0.05, 0.1) is 21.4 Å². The molecule has 5 heteroatoms. The topological polar surface area (TPSA) is 43.6 Å². The summed E-state index contributed by atoms with van der Waals surface area (Å²) < 4.78 is 4.83. The minimum absolute atomic E-state index is 0.646. The van der Waals surface area contributed by atoms with Crippen LogP contribution in [0.4, 0.5) is 0 Å². The molecule has 11 aromatic rings. The van der Waals surface area contributed by atoms with Crippen molar-refractivity contribution >= 4 is 64.1 Å². The van der Waals surface area contributed by atoms with Gasteiger partial charge in [-0.3, -0.25) is 0 Å². The Bertz CT molecular complexity index is 3220. The number of para-hydroxylation sites is 1. The van der Waals surface area contributed by atoms with Crippen LogP contribution < -0.4 is 0 Å². The fourth-order valence-electron chi connectivity index (χ4n) is 7.88. The summed E-state index contributed by atoms with van der Waals surface area (Å²) in [5.41, 5.74) is 8.72. The number of aromatic nitrogens is 4. The van der Waals surface area contributed by atoms with Crippen LogP contribution in [0.25, 0.3) is 104 Å². The van der Waals surface area contributed by atoms with E-state index in [4.69, 9.17) is 15.0 Å². The van der Waals surface area contributed by atoms with Crippen molar-refractivity contribution in [1.82, 2.24) is 19.5 Å². The molecule has 0 aliphatic rings. The zero-order valence-corrected chi connectivity index (χ0v) is 29.8. The SMILES string of the molecule is c1ccc(-c2cccc(-c3nc(-c4ccccc4)nc(-c4cccc5c4sc4c(-n6c7ccccc7c7cc8ccccc8cc76)cccc45)n3)c2)cc1. The minimum Gasteiger partial charge on any atom is -0.308 e. The predicted octanol–water partition coefficient (Wildman–Crippen LogP) is 13.2. The molecule has 3 aromatic heterocycles. The molecule has 0 aliphatic carbocycles. The first-order valence-electron chi connectivity index (χ1n) is 18.1. The second-order valence-electron chi connectivity index (χ2n) is 13.6. The molecule has 252 valence electrons. The molecule has 0 atom stereocenters. The molecule has 8 aromatic carbocycles. The number of hydrogen-bond donors (Lipinski definition) is 0. The van der Waals surface area contributed by atoms with E-state index in [9.17, 15) is 0 Å². The highest BCUT2D eigenvalue weighted by atomic mass is 32.1. The summed E-state index contributed by atoms with van der Waals surface area (Å²) in [5.74, 6) is 1.95. The van der Waals surface area contributed by atoms with Crippen molar-refractivity contribution in [2.24, 2.45) is 0 Å². The van der Waals surface area contributed by atoms with Crippen LogP contribution in [0.3, 0.4) is 0 Å². The summed E-state index contributed by atoms with van der Waals surface area (Å²) in [5, 5.41) is 7.39. The lowest BCUT2D eigenvalue weighted by molar-refractivity contribution is 1.08. The largest absolute Gasteiger partial charge is 0.308 e. The van der Waals surface area contributed by atoms with E-state index in [-0.39, 0.29) is 0 Å². The molecule has 11 rings (SSSR count). The number of rotatable bonds is 5. The lowest BCUT2D eigenvalue weighted by Gasteiger charge is -2.10. The van der Waals surface area contributed by atoms with Crippen LogP contribution >= 0.6 is 11.3 Å². The van der Waals surface area contributed by atoms with E-state index in [1.54, 1.807) is 0 Å². The Kier molecular flexibility index (Phi) is 7.00. The first-order chi connectivity index (χ1) is 26.8. The summed E-state index contributed by atoms with van der Waals surface area (Å²) in [6.07, 6.45) is 0. The van der Waals surface area contributed by atoms with E-state index < -0.39 is 0 Å². The highest BCUT2D eigenvalue weighted by Gasteiger charge is 2.20. The van der Waals surface area contributed by atoms with Crippen LogP contribution in [0.5, 0.6) is 0 Å². The molecule has 0 radical (unpaired) electrons. The maximum absolute atomic E-state index is 5.22. The Labute approximate surface area is 315 Å². The van der Waals surface area contributed by atoms with Gasteiger partial charge in [-0.2, -0.15) is 0 Å². The quantitative estimate of drug-likeness (QED) is 0.179. The molecule has 0 saturated heterocycles. The van der Waals surface area contributed by atoms with Gasteiger partial charge in [-0.05, 0) is 58.3 Å². The fourth-order valence-corrected chi connectivity index (χ4v) is 9.20. The van der Waals surface area contributed by atoms with Crippen molar-refractivity contribution in [3.05, 3.63) is 182 Å². The molecule has 3 heterocycles. The maximum atomic E-state index is 5.22. The molecule has 0 unspecified atom stereocenters. The van der Waals surface area contributed by atoms with Gasteiger partial charge < -0.3 is 4.57 Å². The van der Waals surface area contributed by atoms with E-state index in [1.807, 2.05) is 35.6 Å². The minimum atomic E-state index is 0.646. The second-order valence-corrected chi connectivity index (χ2v) is 14.6. The Morgan fingerprint density at radius 2 is 0.926 bits per heavy atom. The van der Waals surface area contributed by atoms with Gasteiger partial charge in [0.1, 0.15) is 0 Å². The third-order valence-electron chi connectivity index (χ3n) is 10.4. The zero-order chi connectivity index (χ0) is 35.6. The number of nitrogens with zero attached hydrogens (tertiary/aromatic N) is 4. The monoisotopic (exact) mass is 706 g/mol. The average Bonchev–Trinajstić information content (AvgIpc) is 3.79. The van der Waals surface area contributed by atoms with Gasteiger partial charge in [0.25, 0.3) is 0 Å². The molecule has 0 amide bonds. The van der Waals surface area contributed by atoms with Gasteiger partial charge >= 0.3 is 0 Å².